The first-order chi connectivity index (χ1) is 11.2. The third kappa shape index (κ3) is 10.4. The van der Waals surface area contributed by atoms with Crippen LogP contribution in [0.3, 0.4) is 0 Å². The lowest BCUT2D eigenvalue weighted by Gasteiger charge is -2.23. The Morgan fingerprint density at radius 1 is 1.36 bits per heavy atom. The third-order valence-corrected chi connectivity index (χ3v) is 4.43. The number of aliphatic imine (C=N–C) groups is 1. The van der Waals surface area contributed by atoms with Gasteiger partial charge in [-0.2, -0.15) is 13.2 Å². The van der Waals surface area contributed by atoms with E-state index in [2.05, 4.69) is 41.4 Å². The summed E-state index contributed by atoms with van der Waals surface area (Å²) in [7, 11) is 2.08. The van der Waals surface area contributed by atoms with Gasteiger partial charge in [-0.1, -0.05) is 6.92 Å². The number of likely N-dealkylation sites (tertiary alicyclic amines) is 1. The van der Waals surface area contributed by atoms with Crippen LogP contribution >= 0.6 is 24.0 Å². The quantitative estimate of drug-likeness (QED) is 0.319. The standard InChI is InChI=1S/C16H32F3N5.HI/c1-5-13(3)23(4)10-8-21-15(20-6-2)22-14-7-9-24(11-14)12-16(17,18)19;/h13-14H,5-12H2,1-4H3,(H2,20,21,22);1H. The summed E-state index contributed by atoms with van der Waals surface area (Å²) in [6.07, 6.45) is -2.34. The van der Waals surface area contributed by atoms with E-state index in [1.165, 1.54) is 4.90 Å². The zero-order chi connectivity index (χ0) is 18.2. The Bertz CT molecular complexity index is 392. The summed E-state index contributed by atoms with van der Waals surface area (Å²) in [5, 5.41) is 6.43. The van der Waals surface area contributed by atoms with Crippen LogP contribution in [0.25, 0.3) is 0 Å². The van der Waals surface area contributed by atoms with Gasteiger partial charge in [-0.15, -0.1) is 24.0 Å². The molecule has 1 heterocycles. The minimum atomic E-state index is -4.13. The third-order valence-electron chi connectivity index (χ3n) is 4.43. The molecule has 2 unspecified atom stereocenters. The second-order valence-corrected chi connectivity index (χ2v) is 6.48. The molecule has 0 aromatic rings. The van der Waals surface area contributed by atoms with Crippen LogP contribution in [0.2, 0.25) is 0 Å². The molecule has 0 spiro atoms. The monoisotopic (exact) mass is 479 g/mol. The van der Waals surface area contributed by atoms with E-state index >= 15 is 0 Å². The second kappa shape index (κ2) is 12.2. The highest BCUT2D eigenvalue weighted by atomic mass is 127. The number of hydrogen-bond acceptors (Lipinski definition) is 3. The van der Waals surface area contributed by atoms with Crippen LogP contribution < -0.4 is 10.6 Å². The van der Waals surface area contributed by atoms with E-state index in [-0.39, 0.29) is 30.0 Å². The molecular formula is C16H33F3IN5. The summed E-state index contributed by atoms with van der Waals surface area (Å²) in [6.45, 7) is 8.59. The average molecular weight is 479 g/mol. The Balaban J connectivity index is 0.00000576. The molecule has 0 aliphatic carbocycles. The Hall–Kier alpha value is -0.290. The molecule has 2 N–H and O–H groups in total. The van der Waals surface area contributed by atoms with Crippen LogP contribution in [0.1, 0.15) is 33.6 Å². The number of nitrogens with one attached hydrogen (secondary N) is 2. The van der Waals surface area contributed by atoms with Crippen molar-refractivity contribution in [2.45, 2.75) is 51.9 Å². The van der Waals surface area contributed by atoms with Crippen LogP contribution in [0.4, 0.5) is 13.2 Å². The van der Waals surface area contributed by atoms with Crippen LogP contribution in [-0.4, -0.2) is 80.3 Å². The van der Waals surface area contributed by atoms with Gasteiger partial charge >= 0.3 is 6.18 Å². The molecule has 2 atom stereocenters. The fourth-order valence-corrected chi connectivity index (χ4v) is 2.71. The van der Waals surface area contributed by atoms with Gasteiger partial charge in [0.2, 0.25) is 0 Å². The van der Waals surface area contributed by atoms with Crippen molar-refractivity contribution < 1.29 is 13.2 Å². The van der Waals surface area contributed by atoms with E-state index in [9.17, 15) is 13.2 Å². The van der Waals surface area contributed by atoms with Crippen molar-refractivity contribution in [3.8, 4) is 0 Å². The van der Waals surface area contributed by atoms with Gasteiger partial charge in [-0.05, 0) is 33.7 Å². The molecular weight excluding hydrogens is 446 g/mol. The summed E-state index contributed by atoms with van der Waals surface area (Å²) in [6, 6.07) is 0.527. The normalized spacial score (nSPS) is 20.5. The lowest BCUT2D eigenvalue weighted by molar-refractivity contribution is -0.143. The van der Waals surface area contributed by atoms with E-state index in [4.69, 9.17) is 0 Å². The molecule has 150 valence electrons. The minimum absolute atomic E-state index is 0. The summed E-state index contributed by atoms with van der Waals surface area (Å²) < 4.78 is 37.4. The first kappa shape index (κ1) is 24.7. The number of alkyl halides is 3. The molecule has 0 radical (unpaired) electrons. The average Bonchev–Trinajstić information content (AvgIpc) is 2.91. The van der Waals surface area contributed by atoms with Gasteiger partial charge in [0.25, 0.3) is 0 Å². The Morgan fingerprint density at radius 2 is 2.04 bits per heavy atom. The van der Waals surface area contributed by atoms with E-state index < -0.39 is 12.7 Å². The number of guanidine groups is 1. The van der Waals surface area contributed by atoms with Crippen molar-refractivity contribution >= 4 is 29.9 Å². The first-order valence-corrected chi connectivity index (χ1v) is 8.79. The molecule has 1 aliphatic heterocycles. The lowest BCUT2D eigenvalue weighted by Crippen LogP contribution is -2.45. The Labute approximate surface area is 166 Å². The van der Waals surface area contributed by atoms with Crippen LogP contribution in [0, 0.1) is 0 Å². The predicted octanol–water partition coefficient (Wildman–Crippen LogP) is 2.53. The lowest BCUT2D eigenvalue weighted by atomic mass is 10.2. The molecule has 25 heavy (non-hydrogen) atoms. The largest absolute Gasteiger partial charge is 0.401 e. The minimum Gasteiger partial charge on any atom is -0.357 e. The molecule has 0 aromatic carbocycles. The molecule has 1 saturated heterocycles. The molecule has 0 saturated carbocycles. The molecule has 0 amide bonds. The molecule has 9 heteroatoms. The van der Waals surface area contributed by atoms with Gasteiger partial charge in [-0.25, -0.2) is 0 Å². The van der Waals surface area contributed by atoms with Gasteiger partial charge in [0.05, 0.1) is 13.1 Å². The second-order valence-electron chi connectivity index (χ2n) is 6.48. The van der Waals surface area contributed by atoms with E-state index in [1.54, 1.807) is 0 Å². The highest BCUT2D eigenvalue weighted by Crippen LogP contribution is 2.19. The number of nitrogens with zero attached hydrogens (tertiary/aromatic N) is 3. The number of rotatable bonds is 8. The van der Waals surface area contributed by atoms with Crippen molar-refractivity contribution in [2.75, 3.05) is 46.3 Å². The number of likely N-dealkylation sites (N-methyl/N-ethyl adjacent to an activating group) is 1. The van der Waals surface area contributed by atoms with Crippen LogP contribution in [0.5, 0.6) is 0 Å². The van der Waals surface area contributed by atoms with E-state index in [0.29, 0.717) is 38.1 Å². The summed E-state index contributed by atoms with van der Waals surface area (Å²) in [4.78, 5) is 8.25. The molecule has 5 nitrogen and oxygen atoms in total. The highest BCUT2D eigenvalue weighted by Gasteiger charge is 2.34. The molecule has 0 aromatic heterocycles. The van der Waals surface area contributed by atoms with Gasteiger partial charge in [0.1, 0.15) is 0 Å². The van der Waals surface area contributed by atoms with Crippen LogP contribution in [-0.2, 0) is 0 Å². The molecule has 1 rings (SSSR count). The maximum absolute atomic E-state index is 12.5. The van der Waals surface area contributed by atoms with E-state index in [0.717, 1.165) is 19.5 Å². The maximum Gasteiger partial charge on any atom is 0.401 e. The van der Waals surface area contributed by atoms with Crippen molar-refractivity contribution in [2.24, 2.45) is 4.99 Å². The number of halogens is 4. The summed E-state index contributed by atoms with van der Waals surface area (Å²) >= 11 is 0. The fourth-order valence-electron chi connectivity index (χ4n) is 2.71. The highest BCUT2D eigenvalue weighted by molar-refractivity contribution is 14.0. The topological polar surface area (TPSA) is 42.9 Å². The Morgan fingerprint density at radius 3 is 2.60 bits per heavy atom. The molecule has 0 bridgehead atoms. The summed E-state index contributed by atoms with van der Waals surface area (Å²) in [5.74, 6) is 0.689. The van der Waals surface area contributed by atoms with Gasteiger partial charge in [0, 0.05) is 38.3 Å². The smallest absolute Gasteiger partial charge is 0.357 e. The predicted molar refractivity (Wildman–Crippen MR) is 108 cm³/mol. The van der Waals surface area contributed by atoms with Crippen molar-refractivity contribution in [3.05, 3.63) is 0 Å². The van der Waals surface area contributed by atoms with Gasteiger partial charge in [0.15, 0.2) is 5.96 Å². The zero-order valence-electron chi connectivity index (χ0n) is 15.7. The summed E-state index contributed by atoms with van der Waals surface area (Å²) in [5.41, 5.74) is 0. The zero-order valence-corrected chi connectivity index (χ0v) is 18.0. The van der Waals surface area contributed by atoms with Crippen molar-refractivity contribution in [1.82, 2.24) is 20.4 Å². The maximum atomic E-state index is 12.5. The van der Waals surface area contributed by atoms with Crippen molar-refractivity contribution in [1.29, 1.82) is 0 Å². The van der Waals surface area contributed by atoms with E-state index in [1.807, 2.05) is 6.92 Å². The molecule has 1 aliphatic rings. The molecule has 1 fully saturated rings. The van der Waals surface area contributed by atoms with Crippen molar-refractivity contribution in [3.63, 3.8) is 0 Å². The SMILES string of the molecule is CCNC(=NCCN(C)C(C)CC)NC1CCN(CC(F)(F)F)C1.I. The van der Waals surface area contributed by atoms with Gasteiger partial charge < -0.3 is 15.5 Å². The van der Waals surface area contributed by atoms with Gasteiger partial charge in [-0.3, -0.25) is 9.89 Å². The number of hydrogen-bond donors (Lipinski definition) is 2. The fraction of sp³-hybridized carbons (Fsp3) is 0.938. The first-order valence-electron chi connectivity index (χ1n) is 8.79. The van der Waals surface area contributed by atoms with Crippen LogP contribution in [0.15, 0.2) is 4.99 Å². The Kier molecular flexibility index (Phi) is 12.0.